The van der Waals surface area contributed by atoms with E-state index >= 15 is 0 Å². The molecule has 0 amide bonds. The summed E-state index contributed by atoms with van der Waals surface area (Å²) < 4.78 is 0. The molecule has 0 bridgehead atoms. The monoisotopic (exact) mass is 446 g/mol. The normalized spacial score (nSPS) is 11.1. The van der Waals surface area contributed by atoms with E-state index in [2.05, 4.69) is 20.5 Å². The van der Waals surface area contributed by atoms with Gasteiger partial charge in [-0.05, 0) is 67.4 Å². The van der Waals surface area contributed by atoms with E-state index in [9.17, 15) is 10.2 Å². The second-order valence-corrected chi connectivity index (χ2v) is 7.40. The fourth-order valence-corrected chi connectivity index (χ4v) is 3.24. The summed E-state index contributed by atoms with van der Waals surface area (Å²) in [7, 11) is 0. The van der Waals surface area contributed by atoms with Crippen LogP contribution in [0.25, 0.3) is 11.1 Å². The average molecular weight is 446 g/mol. The molecule has 0 radical (unpaired) electrons. The van der Waals surface area contributed by atoms with Crippen molar-refractivity contribution in [3.8, 4) is 22.6 Å². The maximum absolute atomic E-state index is 10.8. The number of hydrogen-bond acceptors (Lipinski definition) is 6. The van der Waals surface area contributed by atoms with E-state index in [1.807, 2.05) is 86.6 Å². The van der Waals surface area contributed by atoms with Gasteiger partial charge in [-0.15, -0.1) is 5.11 Å². The molecule has 4 aromatic carbocycles. The van der Waals surface area contributed by atoms with Gasteiger partial charge in [0.05, 0.1) is 17.1 Å². The molecular weight excluding hydrogens is 423 g/mol. The van der Waals surface area contributed by atoms with E-state index in [-0.39, 0.29) is 46.7 Å². The number of aromatic hydroxyl groups is 2. The Morgan fingerprint density at radius 2 is 1.30 bits per heavy atom. The number of hydrogen-bond donors (Lipinski definition) is 2. The standard InChI is InChI=1S/C26H22N4O2.Na.H/c1-17-8-14-23(18(2)16-17)29-30-25-24(31)15-13-22(26(25)32)19-9-11-21(12-10-19)28-27-20-6-4-3-5-7-20;;/h3-16,31-32H,1-2H3;;/b28-27+,30-29?;;. The number of azo groups is 2. The number of rotatable bonds is 5. The Kier molecular flexibility index (Phi) is 8.11. The van der Waals surface area contributed by atoms with Gasteiger partial charge in [-0.2, -0.15) is 15.3 Å². The van der Waals surface area contributed by atoms with E-state index in [0.717, 1.165) is 22.4 Å². The molecule has 4 aromatic rings. The van der Waals surface area contributed by atoms with Crippen molar-refractivity contribution in [2.24, 2.45) is 20.5 Å². The molecule has 0 aliphatic heterocycles. The maximum atomic E-state index is 10.8. The van der Waals surface area contributed by atoms with Crippen LogP contribution in [0.5, 0.6) is 11.5 Å². The van der Waals surface area contributed by atoms with Crippen LogP contribution < -0.4 is 0 Å². The average Bonchev–Trinajstić information content (AvgIpc) is 2.80. The van der Waals surface area contributed by atoms with Crippen molar-refractivity contribution in [3.05, 3.63) is 96.1 Å². The van der Waals surface area contributed by atoms with Gasteiger partial charge in [0, 0.05) is 5.56 Å². The second-order valence-electron chi connectivity index (χ2n) is 7.40. The van der Waals surface area contributed by atoms with Crippen LogP contribution in [0.3, 0.4) is 0 Å². The van der Waals surface area contributed by atoms with Crippen LogP contribution in [0, 0.1) is 13.8 Å². The van der Waals surface area contributed by atoms with Crippen LogP contribution in [0.2, 0.25) is 0 Å². The predicted octanol–water partition coefficient (Wildman–Crippen LogP) is 7.56. The van der Waals surface area contributed by atoms with E-state index < -0.39 is 0 Å². The van der Waals surface area contributed by atoms with Gasteiger partial charge >= 0.3 is 29.6 Å². The molecule has 0 aliphatic carbocycles. The summed E-state index contributed by atoms with van der Waals surface area (Å²) >= 11 is 0. The van der Waals surface area contributed by atoms with Crippen LogP contribution in [0.15, 0.2) is 105 Å². The van der Waals surface area contributed by atoms with Crippen LogP contribution >= 0.6 is 0 Å². The van der Waals surface area contributed by atoms with Gasteiger partial charge in [-0.25, -0.2) is 0 Å². The molecule has 0 saturated carbocycles. The Bertz CT molecular complexity index is 1300. The van der Waals surface area contributed by atoms with E-state index in [1.165, 1.54) is 6.07 Å². The Balaban J connectivity index is 0.00000306. The zero-order valence-electron chi connectivity index (χ0n) is 17.8. The Labute approximate surface area is 214 Å². The van der Waals surface area contributed by atoms with Gasteiger partial charge in [0.25, 0.3) is 0 Å². The minimum absolute atomic E-state index is 0. The summed E-state index contributed by atoms with van der Waals surface area (Å²) in [5, 5.41) is 37.8. The topological polar surface area (TPSA) is 89.9 Å². The van der Waals surface area contributed by atoms with Gasteiger partial charge in [-0.3, -0.25) is 0 Å². The fourth-order valence-electron chi connectivity index (χ4n) is 3.24. The second kappa shape index (κ2) is 11.0. The van der Waals surface area contributed by atoms with Gasteiger partial charge in [0.2, 0.25) is 0 Å². The number of phenolic OH excluding ortho intramolecular Hbond substituents is 2. The summed E-state index contributed by atoms with van der Waals surface area (Å²) in [6.45, 7) is 3.94. The molecule has 7 heteroatoms. The summed E-state index contributed by atoms with van der Waals surface area (Å²) in [4.78, 5) is 0. The third-order valence-corrected chi connectivity index (χ3v) is 4.96. The molecule has 6 nitrogen and oxygen atoms in total. The summed E-state index contributed by atoms with van der Waals surface area (Å²) in [6, 6.07) is 25.7. The van der Waals surface area contributed by atoms with Crippen LogP contribution in [0.4, 0.5) is 22.7 Å². The first-order valence-corrected chi connectivity index (χ1v) is 10.1. The molecule has 0 spiro atoms. The molecular formula is C26H23N4NaO2. The first kappa shape index (κ1) is 24.3. The van der Waals surface area contributed by atoms with Gasteiger partial charge in [0.1, 0.15) is 5.75 Å². The van der Waals surface area contributed by atoms with Crippen molar-refractivity contribution in [3.63, 3.8) is 0 Å². The Hall–Kier alpha value is -3.32. The molecule has 0 aromatic heterocycles. The Morgan fingerprint density at radius 3 is 1.97 bits per heavy atom. The Morgan fingerprint density at radius 1 is 0.636 bits per heavy atom. The van der Waals surface area contributed by atoms with Crippen LogP contribution in [-0.4, -0.2) is 39.8 Å². The van der Waals surface area contributed by atoms with Crippen LogP contribution in [0.1, 0.15) is 11.1 Å². The third kappa shape index (κ3) is 5.93. The molecule has 4 rings (SSSR count). The van der Waals surface area contributed by atoms with Crippen molar-refractivity contribution < 1.29 is 10.2 Å². The molecule has 0 unspecified atom stereocenters. The minimum atomic E-state index is -0.145. The predicted molar refractivity (Wildman–Crippen MR) is 133 cm³/mol. The van der Waals surface area contributed by atoms with Crippen molar-refractivity contribution >= 4 is 52.3 Å². The van der Waals surface area contributed by atoms with Crippen molar-refractivity contribution in [1.82, 2.24) is 0 Å². The molecule has 0 atom stereocenters. The molecule has 0 saturated heterocycles. The van der Waals surface area contributed by atoms with Gasteiger partial charge in [0.15, 0.2) is 11.4 Å². The van der Waals surface area contributed by atoms with Gasteiger partial charge < -0.3 is 10.2 Å². The van der Waals surface area contributed by atoms with E-state index in [4.69, 9.17) is 0 Å². The van der Waals surface area contributed by atoms with Crippen molar-refractivity contribution in [2.75, 3.05) is 0 Å². The van der Waals surface area contributed by atoms with E-state index in [1.54, 1.807) is 6.07 Å². The van der Waals surface area contributed by atoms with Gasteiger partial charge in [-0.1, -0.05) is 48.0 Å². The zero-order chi connectivity index (χ0) is 22.5. The number of benzene rings is 4. The summed E-state index contributed by atoms with van der Waals surface area (Å²) in [6.07, 6.45) is 0. The third-order valence-electron chi connectivity index (χ3n) is 4.96. The molecule has 0 heterocycles. The first-order chi connectivity index (χ1) is 15.5. The summed E-state index contributed by atoms with van der Waals surface area (Å²) in [5.74, 6) is -0.287. The quantitative estimate of drug-likeness (QED) is 0.245. The SMILES string of the molecule is Cc1ccc(N=Nc2c(O)ccc(-c3ccc(/N=N/c4ccccc4)cc3)c2O)c(C)c1.[NaH]. The molecule has 33 heavy (non-hydrogen) atoms. The number of aryl methyl sites for hydroxylation is 2. The number of phenols is 2. The first-order valence-electron chi connectivity index (χ1n) is 10.1. The molecule has 2 N–H and O–H groups in total. The van der Waals surface area contributed by atoms with E-state index in [0.29, 0.717) is 16.9 Å². The number of nitrogens with zero attached hydrogens (tertiary/aromatic N) is 4. The zero-order valence-corrected chi connectivity index (χ0v) is 17.8. The fraction of sp³-hybridized carbons (Fsp3) is 0.0769. The molecule has 0 fully saturated rings. The van der Waals surface area contributed by atoms with Crippen molar-refractivity contribution in [1.29, 1.82) is 0 Å². The summed E-state index contributed by atoms with van der Waals surface area (Å²) in [5.41, 5.74) is 5.53. The molecule has 160 valence electrons. The van der Waals surface area contributed by atoms with Crippen molar-refractivity contribution in [2.45, 2.75) is 13.8 Å². The van der Waals surface area contributed by atoms with Crippen LogP contribution in [-0.2, 0) is 0 Å². The molecule has 0 aliphatic rings.